The van der Waals surface area contributed by atoms with Crippen LogP contribution in [0.1, 0.15) is 31.2 Å². The van der Waals surface area contributed by atoms with Gasteiger partial charge in [0.1, 0.15) is 6.61 Å². The van der Waals surface area contributed by atoms with Crippen molar-refractivity contribution in [2.24, 2.45) is 22.7 Å². The molecule has 31 heavy (non-hydrogen) atoms. The van der Waals surface area contributed by atoms with E-state index in [1.807, 2.05) is 10.2 Å². The lowest BCUT2D eigenvalue weighted by Gasteiger charge is -2.39. The average Bonchev–Trinajstić information content (AvgIpc) is 2.72. The summed E-state index contributed by atoms with van der Waals surface area (Å²) < 4.78 is 44.1. The molecule has 0 radical (unpaired) electrons. The van der Waals surface area contributed by atoms with Crippen LogP contribution in [-0.4, -0.2) is 55.9 Å². The topological polar surface area (TPSA) is 168 Å². The highest BCUT2D eigenvalue weighted by Gasteiger charge is 2.33. The van der Waals surface area contributed by atoms with Crippen molar-refractivity contribution in [3.8, 4) is 0 Å². The van der Waals surface area contributed by atoms with Gasteiger partial charge in [-0.05, 0) is 43.6 Å². The van der Waals surface area contributed by atoms with Crippen LogP contribution in [0.2, 0.25) is 0 Å². The molecule has 3 heterocycles. The predicted molar refractivity (Wildman–Crippen MR) is 112 cm³/mol. The Morgan fingerprint density at radius 1 is 1.23 bits per heavy atom. The number of ether oxygens (including phenoxy) is 1. The highest BCUT2D eigenvalue weighted by molar-refractivity contribution is 7.86. The van der Waals surface area contributed by atoms with Gasteiger partial charge in [0.2, 0.25) is 0 Å². The molecule has 0 saturated carbocycles. The number of nitrogens with two attached hydrogens (primary N) is 2. The Kier molecular flexibility index (Phi) is 7.28. The van der Waals surface area contributed by atoms with Gasteiger partial charge in [0, 0.05) is 37.9 Å². The molecule has 1 aromatic rings. The van der Waals surface area contributed by atoms with Crippen LogP contribution >= 0.6 is 0 Å². The second kappa shape index (κ2) is 9.75. The first-order valence-electron chi connectivity index (χ1n) is 10.1. The Morgan fingerprint density at radius 2 is 1.81 bits per heavy atom. The van der Waals surface area contributed by atoms with E-state index in [2.05, 4.69) is 4.98 Å². The van der Waals surface area contributed by atoms with Crippen molar-refractivity contribution in [2.75, 3.05) is 31.1 Å². The summed E-state index contributed by atoms with van der Waals surface area (Å²) in [6.07, 6.45) is 3.83. The third kappa shape index (κ3) is 6.02. The molecule has 13 heteroatoms. The first-order chi connectivity index (χ1) is 14.6. The molecule has 0 unspecified atom stereocenters. The van der Waals surface area contributed by atoms with Crippen LogP contribution in [0.15, 0.2) is 12.3 Å². The molecule has 0 aromatic carbocycles. The summed E-state index contributed by atoms with van der Waals surface area (Å²) in [5.41, 5.74) is 5.23. The van der Waals surface area contributed by atoms with E-state index < -0.39 is 28.1 Å². The number of carbonyl (C=O) groups is 1. The Bertz CT molecular complexity index is 913. The molecule has 1 amide bonds. The molecule has 0 aliphatic carbocycles. The fourth-order valence-electron chi connectivity index (χ4n) is 4.28. The number of pyridine rings is 1. The number of hydrogen-bond donors (Lipinski definition) is 4. The summed E-state index contributed by atoms with van der Waals surface area (Å²) in [7, 11) is -3.63. The number of amides is 1. The van der Waals surface area contributed by atoms with Crippen molar-refractivity contribution in [1.29, 1.82) is 5.41 Å². The standard InChI is InChI=1S/C18H28FN7O4S/c19-15-14(11-30-18(27)24-17(20)21)1-6-23-16(15)25-7-2-12(3-8-25)13-4-9-26(10-5-13)31(22,28)29/h1,6,12-13H,2-5,7-11H2,(H2,22,28,29)(H4,20,21,24,27). The van der Waals surface area contributed by atoms with Gasteiger partial charge in [-0.3, -0.25) is 10.7 Å². The van der Waals surface area contributed by atoms with E-state index in [1.165, 1.54) is 16.6 Å². The number of alkyl carbamates (subject to hydrolysis) is 1. The second-order valence-corrected chi connectivity index (χ2v) is 9.37. The zero-order valence-corrected chi connectivity index (χ0v) is 17.9. The molecule has 2 aliphatic heterocycles. The summed E-state index contributed by atoms with van der Waals surface area (Å²) in [5, 5.41) is 14.2. The van der Waals surface area contributed by atoms with Crippen molar-refractivity contribution in [3.05, 3.63) is 23.6 Å². The van der Waals surface area contributed by atoms with Crippen LogP contribution in [0.4, 0.5) is 15.0 Å². The fourth-order valence-corrected chi connectivity index (χ4v) is 5.00. The molecule has 2 aliphatic rings. The number of hydrogen-bond acceptors (Lipinski definition) is 7. The Hall–Kier alpha value is -2.51. The lowest BCUT2D eigenvalue weighted by Crippen LogP contribution is -2.45. The van der Waals surface area contributed by atoms with Crippen molar-refractivity contribution < 1.29 is 22.3 Å². The predicted octanol–water partition coefficient (Wildman–Crippen LogP) is 0.472. The minimum absolute atomic E-state index is 0.182. The van der Waals surface area contributed by atoms with E-state index in [-0.39, 0.29) is 18.0 Å². The summed E-state index contributed by atoms with van der Waals surface area (Å²) in [6.45, 7) is 1.86. The minimum atomic E-state index is -3.63. The van der Waals surface area contributed by atoms with Crippen molar-refractivity contribution in [3.63, 3.8) is 0 Å². The fraction of sp³-hybridized carbons (Fsp3) is 0.611. The maximum atomic E-state index is 14.9. The Labute approximate surface area is 180 Å². The molecule has 11 nitrogen and oxygen atoms in total. The van der Waals surface area contributed by atoms with Crippen LogP contribution in [-0.2, 0) is 21.6 Å². The van der Waals surface area contributed by atoms with Gasteiger partial charge in [-0.1, -0.05) is 0 Å². The Morgan fingerprint density at radius 3 is 2.35 bits per heavy atom. The lowest BCUT2D eigenvalue weighted by atomic mass is 9.79. The van der Waals surface area contributed by atoms with Crippen molar-refractivity contribution in [2.45, 2.75) is 32.3 Å². The monoisotopic (exact) mass is 457 g/mol. The maximum absolute atomic E-state index is 14.9. The van der Waals surface area contributed by atoms with Gasteiger partial charge >= 0.3 is 6.09 Å². The van der Waals surface area contributed by atoms with Crippen molar-refractivity contribution >= 4 is 28.1 Å². The molecule has 0 atom stereocenters. The van der Waals surface area contributed by atoms with Crippen LogP contribution in [0, 0.1) is 23.1 Å². The highest BCUT2D eigenvalue weighted by Crippen LogP contribution is 2.34. The first kappa shape index (κ1) is 23.2. The summed E-state index contributed by atoms with van der Waals surface area (Å²) in [6, 6.07) is 1.44. The van der Waals surface area contributed by atoms with Crippen LogP contribution in [0.25, 0.3) is 0 Å². The average molecular weight is 458 g/mol. The van der Waals surface area contributed by atoms with Gasteiger partial charge in [-0.2, -0.15) is 12.7 Å². The van der Waals surface area contributed by atoms with Gasteiger partial charge in [-0.15, -0.1) is 0 Å². The van der Waals surface area contributed by atoms with E-state index in [9.17, 15) is 17.6 Å². The molecule has 172 valence electrons. The smallest absolute Gasteiger partial charge is 0.414 e. The number of piperidine rings is 2. The van der Waals surface area contributed by atoms with Crippen LogP contribution in [0.5, 0.6) is 0 Å². The molecular formula is C18H28FN7O4S. The first-order valence-corrected chi connectivity index (χ1v) is 11.6. The van der Waals surface area contributed by atoms with E-state index in [4.69, 9.17) is 21.0 Å². The maximum Gasteiger partial charge on any atom is 0.414 e. The number of nitrogens with zero attached hydrogens (tertiary/aromatic N) is 3. The van der Waals surface area contributed by atoms with Crippen LogP contribution < -0.4 is 21.1 Å². The number of aromatic nitrogens is 1. The molecule has 2 saturated heterocycles. The van der Waals surface area contributed by atoms with E-state index in [0.29, 0.717) is 38.0 Å². The van der Waals surface area contributed by atoms with E-state index >= 15 is 0 Å². The van der Waals surface area contributed by atoms with Gasteiger partial charge < -0.3 is 15.4 Å². The number of rotatable bonds is 5. The number of guanidine groups is 1. The molecule has 1 aromatic heterocycles. The number of carbonyl (C=O) groups excluding carboxylic acids is 1. The number of anilines is 1. The third-order valence-electron chi connectivity index (χ3n) is 5.91. The molecule has 0 spiro atoms. The SMILES string of the molecule is N=C(N)NC(=O)OCc1ccnc(N2CCC(C3CCN(S(N)(=O)=O)CC3)CC2)c1F. The van der Waals surface area contributed by atoms with Gasteiger partial charge in [0.05, 0.1) is 0 Å². The van der Waals surface area contributed by atoms with E-state index in [1.54, 1.807) is 0 Å². The quantitative estimate of drug-likeness (QED) is 0.368. The number of nitrogens with one attached hydrogen (secondary N) is 2. The molecular weight excluding hydrogens is 429 g/mol. The molecule has 0 bridgehead atoms. The second-order valence-electron chi connectivity index (χ2n) is 7.83. The van der Waals surface area contributed by atoms with E-state index in [0.717, 1.165) is 25.7 Å². The summed E-state index contributed by atoms with van der Waals surface area (Å²) >= 11 is 0. The number of halogens is 1. The van der Waals surface area contributed by atoms with Gasteiger partial charge in [-0.25, -0.2) is 19.3 Å². The minimum Gasteiger partial charge on any atom is -0.444 e. The van der Waals surface area contributed by atoms with Crippen molar-refractivity contribution in [1.82, 2.24) is 14.6 Å². The molecule has 6 N–H and O–H groups in total. The van der Waals surface area contributed by atoms with Crippen LogP contribution in [0.3, 0.4) is 0 Å². The molecule has 3 rings (SSSR count). The zero-order valence-electron chi connectivity index (χ0n) is 17.1. The van der Waals surface area contributed by atoms with Gasteiger partial charge in [0.15, 0.2) is 17.6 Å². The zero-order chi connectivity index (χ0) is 22.6. The highest BCUT2D eigenvalue weighted by atomic mass is 32.2. The normalized spacial score (nSPS) is 19.2. The Balaban J connectivity index is 1.54. The lowest BCUT2D eigenvalue weighted by molar-refractivity contribution is 0.143. The molecule has 2 fully saturated rings. The van der Waals surface area contributed by atoms with Gasteiger partial charge in [0.25, 0.3) is 10.2 Å². The third-order valence-corrected chi connectivity index (χ3v) is 7.00. The summed E-state index contributed by atoms with van der Waals surface area (Å²) in [5.74, 6) is -0.00564. The summed E-state index contributed by atoms with van der Waals surface area (Å²) in [4.78, 5) is 17.5. The largest absolute Gasteiger partial charge is 0.444 e.